The van der Waals surface area contributed by atoms with Crippen molar-refractivity contribution in [2.75, 3.05) is 13.2 Å². The van der Waals surface area contributed by atoms with Crippen molar-refractivity contribution in [1.82, 2.24) is 5.32 Å². The Morgan fingerprint density at radius 1 is 1.50 bits per heavy atom. The van der Waals surface area contributed by atoms with Crippen LogP contribution in [0.5, 0.6) is 0 Å². The minimum atomic E-state index is 0.254. The van der Waals surface area contributed by atoms with Gasteiger partial charge in [0.1, 0.15) is 0 Å². The summed E-state index contributed by atoms with van der Waals surface area (Å²) in [5.74, 6) is 0. The van der Waals surface area contributed by atoms with Gasteiger partial charge in [-0.15, -0.1) is 0 Å². The lowest BCUT2D eigenvalue weighted by molar-refractivity contribution is 0.241. The molecule has 0 amide bonds. The molecule has 8 heavy (non-hydrogen) atoms. The Morgan fingerprint density at radius 3 is 2.25 bits per heavy atom. The second-order valence-corrected chi connectivity index (χ2v) is 1.85. The van der Waals surface area contributed by atoms with E-state index in [0.29, 0.717) is 6.04 Å². The highest BCUT2D eigenvalue weighted by Gasteiger charge is 1.98. The van der Waals surface area contributed by atoms with Crippen molar-refractivity contribution in [2.45, 2.75) is 26.3 Å². The molecule has 0 heterocycles. The smallest absolute Gasteiger partial charge is 0.0584 e. The Morgan fingerprint density at radius 2 is 2.12 bits per heavy atom. The van der Waals surface area contributed by atoms with Crippen LogP contribution in [-0.4, -0.2) is 24.3 Å². The Balaban J connectivity index is 3.07. The zero-order valence-electron chi connectivity index (χ0n) is 5.65. The van der Waals surface area contributed by atoms with Gasteiger partial charge in [-0.2, -0.15) is 0 Å². The van der Waals surface area contributed by atoms with Crippen molar-refractivity contribution in [3.63, 3.8) is 0 Å². The van der Waals surface area contributed by atoms with Gasteiger partial charge in [-0.1, -0.05) is 13.8 Å². The summed E-state index contributed by atoms with van der Waals surface area (Å²) in [6, 6.07) is 0.306. The molecule has 0 aliphatic carbocycles. The summed E-state index contributed by atoms with van der Waals surface area (Å²) in [4.78, 5) is 0. The molecule has 2 N–H and O–H groups in total. The molecule has 0 spiro atoms. The van der Waals surface area contributed by atoms with E-state index >= 15 is 0 Å². The number of rotatable bonds is 4. The minimum absolute atomic E-state index is 0.254. The molecule has 50 valence electrons. The highest BCUT2D eigenvalue weighted by atomic mass is 16.3. The third-order valence-corrected chi connectivity index (χ3v) is 1.21. The van der Waals surface area contributed by atoms with Gasteiger partial charge < -0.3 is 10.4 Å². The Labute approximate surface area is 50.9 Å². The van der Waals surface area contributed by atoms with Gasteiger partial charge in [0.05, 0.1) is 6.61 Å². The third kappa shape index (κ3) is 2.99. The van der Waals surface area contributed by atoms with Crippen LogP contribution in [0.2, 0.25) is 0 Å². The summed E-state index contributed by atoms with van der Waals surface area (Å²) in [5, 5.41) is 11.7. The number of likely N-dealkylation sites (N-methyl/N-ethyl adjacent to an activating group) is 1. The molecule has 0 bridgehead atoms. The largest absolute Gasteiger partial charge is 0.395 e. The fourth-order valence-electron chi connectivity index (χ4n) is 0.627. The molecule has 2 nitrogen and oxygen atoms in total. The first-order valence-electron chi connectivity index (χ1n) is 3.19. The molecule has 0 aliphatic rings. The maximum atomic E-state index is 8.59. The van der Waals surface area contributed by atoms with E-state index in [1.54, 1.807) is 0 Å². The van der Waals surface area contributed by atoms with Crippen molar-refractivity contribution in [1.29, 1.82) is 0 Å². The van der Waals surface area contributed by atoms with Gasteiger partial charge in [0, 0.05) is 6.04 Å². The molecular formula is C6H15NO. The van der Waals surface area contributed by atoms with Gasteiger partial charge in [0.2, 0.25) is 0 Å². The topological polar surface area (TPSA) is 32.3 Å². The standard InChI is InChI=1S/C6H15NO/c1-3-6(5-8)7-4-2/h6-8H,3-5H2,1-2H3/t6-/m0/s1. The van der Waals surface area contributed by atoms with Crippen LogP contribution in [0, 0.1) is 0 Å². The SMILES string of the molecule is CCN[C@@H](CC)CO. The van der Waals surface area contributed by atoms with Gasteiger partial charge in [-0.3, -0.25) is 0 Å². The van der Waals surface area contributed by atoms with E-state index in [1.165, 1.54) is 0 Å². The molecule has 1 atom stereocenters. The molecule has 0 radical (unpaired) electrons. The molecule has 0 fully saturated rings. The first-order valence-corrected chi connectivity index (χ1v) is 3.19. The van der Waals surface area contributed by atoms with Gasteiger partial charge >= 0.3 is 0 Å². The summed E-state index contributed by atoms with van der Waals surface area (Å²) in [5.41, 5.74) is 0. The summed E-state index contributed by atoms with van der Waals surface area (Å²) in [7, 11) is 0. The molecule has 0 saturated heterocycles. The molecule has 2 heteroatoms. The van der Waals surface area contributed by atoms with Crippen LogP contribution >= 0.6 is 0 Å². The number of nitrogens with one attached hydrogen (secondary N) is 1. The monoisotopic (exact) mass is 117 g/mol. The molecule has 0 unspecified atom stereocenters. The van der Waals surface area contributed by atoms with E-state index in [0.717, 1.165) is 13.0 Å². The van der Waals surface area contributed by atoms with Crippen molar-refractivity contribution < 1.29 is 5.11 Å². The number of aliphatic hydroxyl groups is 1. The van der Waals surface area contributed by atoms with Crippen molar-refractivity contribution >= 4 is 0 Å². The maximum Gasteiger partial charge on any atom is 0.0584 e. The number of hydrogen-bond donors (Lipinski definition) is 2. The Hall–Kier alpha value is -0.0800. The quantitative estimate of drug-likeness (QED) is 0.557. The van der Waals surface area contributed by atoms with E-state index in [2.05, 4.69) is 12.2 Å². The summed E-state index contributed by atoms with van der Waals surface area (Å²) >= 11 is 0. The third-order valence-electron chi connectivity index (χ3n) is 1.21. The van der Waals surface area contributed by atoms with Gasteiger partial charge in [-0.05, 0) is 13.0 Å². The van der Waals surface area contributed by atoms with Crippen LogP contribution in [-0.2, 0) is 0 Å². The first kappa shape index (κ1) is 7.92. The van der Waals surface area contributed by atoms with Crippen molar-refractivity contribution in [3.8, 4) is 0 Å². The van der Waals surface area contributed by atoms with E-state index in [-0.39, 0.29) is 6.61 Å². The van der Waals surface area contributed by atoms with Crippen LogP contribution in [0.3, 0.4) is 0 Å². The predicted octanol–water partition coefficient (Wildman–Crippen LogP) is 0.367. The molecule has 0 aliphatic heterocycles. The summed E-state index contributed by atoms with van der Waals surface area (Å²) < 4.78 is 0. The average Bonchev–Trinajstić information content (AvgIpc) is 1.83. The predicted molar refractivity (Wildman–Crippen MR) is 34.8 cm³/mol. The fraction of sp³-hybridized carbons (Fsp3) is 1.00. The minimum Gasteiger partial charge on any atom is -0.395 e. The normalized spacial score (nSPS) is 13.9. The van der Waals surface area contributed by atoms with Crippen LogP contribution in [0.25, 0.3) is 0 Å². The summed E-state index contributed by atoms with van der Waals surface area (Å²) in [6.45, 7) is 5.30. The molecule has 0 saturated carbocycles. The average molecular weight is 117 g/mol. The van der Waals surface area contributed by atoms with E-state index in [1.807, 2.05) is 6.92 Å². The number of aliphatic hydroxyl groups excluding tert-OH is 1. The molecule has 0 rings (SSSR count). The van der Waals surface area contributed by atoms with Crippen molar-refractivity contribution in [2.24, 2.45) is 0 Å². The van der Waals surface area contributed by atoms with Gasteiger partial charge in [-0.25, -0.2) is 0 Å². The molecule has 0 aromatic rings. The second-order valence-electron chi connectivity index (χ2n) is 1.85. The number of hydrogen-bond acceptors (Lipinski definition) is 2. The lowest BCUT2D eigenvalue weighted by Crippen LogP contribution is -2.31. The lowest BCUT2D eigenvalue weighted by Gasteiger charge is -2.10. The maximum absolute atomic E-state index is 8.59. The van der Waals surface area contributed by atoms with Gasteiger partial charge in [0.15, 0.2) is 0 Å². The van der Waals surface area contributed by atoms with E-state index in [9.17, 15) is 0 Å². The Kier molecular flexibility index (Phi) is 5.01. The first-order chi connectivity index (χ1) is 3.85. The Bertz CT molecular complexity index is 43.8. The van der Waals surface area contributed by atoms with Crippen LogP contribution in [0.4, 0.5) is 0 Å². The van der Waals surface area contributed by atoms with Gasteiger partial charge in [0.25, 0.3) is 0 Å². The van der Waals surface area contributed by atoms with Crippen LogP contribution in [0.15, 0.2) is 0 Å². The van der Waals surface area contributed by atoms with Crippen LogP contribution < -0.4 is 5.32 Å². The van der Waals surface area contributed by atoms with Crippen LogP contribution in [0.1, 0.15) is 20.3 Å². The highest BCUT2D eigenvalue weighted by molar-refractivity contribution is 4.59. The summed E-state index contributed by atoms with van der Waals surface area (Å²) in [6.07, 6.45) is 1.00. The molecule has 0 aromatic carbocycles. The van der Waals surface area contributed by atoms with E-state index in [4.69, 9.17) is 5.11 Å². The van der Waals surface area contributed by atoms with Crippen molar-refractivity contribution in [3.05, 3.63) is 0 Å². The molecule has 0 aromatic heterocycles. The van der Waals surface area contributed by atoms with E-state index < -0.39 is 0 Å². The highest BCUT2D eigenvalue weighted by Crippen LogP contribution is 1.85. The molecular weight excluding hydrogens is 102 g/mol. The zero-order chi connectivity index (χ0) is 6.41. The zero-order valence-corrected chi connectivity index (χ0v) is 5.65. The lowest BCUT2D eigenvalue weighted by atomic mass is 10.2. The fourth-order valence-corrected chi connectivity index (χ4v) is 0.627. The second kappa shape index (κ2) is 5.06.